The Kier molecular flexibility index (Phi) is 7.18. The Morgan fingerprint density at radius 2 is 1.69 bits per heavy atom. The summed E-state index contributed by atoms with van der Waals surface area (Å²) in [5.41, 5.74) is 1.69. The molecule has 0 aromatic heterocycles. The number of hydrogen-bond donors (Lipinski definition) is 2. The highest BCUT2D eigenvalue weighted by Crippen LogP contribution is 2.14. The van der Waals surface area contributed by atoms with E-state index in [9.17, 15) is 5.11 Å². The number of β-amino-alcohol motifs (C(OH)–C–C–N with tert-alkyl or cyclic N) is 1. The number of para-hydroxylation sites is 1. The Labute approximate surface area is 155 Å². The van der Waals surface area contributed by atoms with Gasteiger partial charge in [0.25, 0.3) is 0 Å². The molecular formula is C21H28N2O3. The lowest BCUT2D eigenvalue weighted by Crippen LogP contribution is -2.42. The summed E-state index contributed by atoms with van der Waals surface area (Å²) in [6, 6.07) is 17.0. The van der Waals surface area contributed by atoms with E-state index in [-0.39, 0.29) is 12.1 Å². The van der Waals surface area contributed by atoms with Gasteiger partial charge in [-0.15, -0.1) is 0 Å². The van der Waals surface area contributed by atoms with Gasteiger partial charge in [0, 0.05) is 12.1 Å². The Morgan fingerprint density at radius 3 is 2.31 bits per heavy atom. The van der Waals surface area contributed by atoms with E-state index < -0.39 is 6.10 Å². The monoisotopic (exact) mass is 356 g/mol. The van der Waals surface area contributed by atoms with E-state index in [1.54, 1.807) is 0 Å². The summed E-state index contributed by atoms with van der Waals surface area (Å²) in [4.78, 5) is 5.40. The summed E-state index contributed by atoms with van der Waals surface area (Å²) in [5.74, 6) is 1.41. The maximum Gasteiger partial charge on any atom is 0.157 e. The molecule has 2 aromatic rings. The van der Waals surface area contributed by atoms with Crippen LogP contribution in [0.2, 0.25) is 0 Å². The summed E-state index contributed by atoms with van der Waals surface area (Å²) in [5, 5.41) is 17.4. The average Bonchev–Trinajstić information content (AvgIpc) is 2.63. The number of rotatable bonds is 8. The van der Waals surface area contributed by atoms with Crippen LogP contribution in [0.25, 0.3) is 0 Å². The molecule has 26 heavy (non-hydrogen) atoms. The van der Waals surface area contributed by atoms with Crippen molar-refractivity contribution >= 4 is 5.71 Å². The van der Waals surface area contributed by atoms with Crippen molar-refractivity contribution < 1.29 is 14.7 Å². The summed E-state index contributed by atoms with van der Waals surface area (Å²) < 4.78 is 5.64. The molecule has 0 amide bonds. The molecule has 0 aliphatic heterocycles. The van der Waals surface area contributed by atoms with Crippen LogP contribution in [0.15, 0.2) is 59.8 Å². The molecule has 0 saturated carbocycles. The minimum absolute atomic E-state index is 0.0265. The summed E-state index contributed by atoms with van der Waals surface area (Å²) in [6.07, 6.45) is -0.559. The highest BCUT2D eigenvalue weighted by molar-refractivity contribution is 5.98. The van der Waals surface area contributed by atoms with Crippen molar-refractivity contribution in [2.45, 2.75) is 39.3 Å². The first-order valence-electron chi connectivity index (χ1n) is 8.76. The standard InChI is InChI=1S/C21H28N2O3/c1-16(23-26-20-8-6-5-7-9-20)17-10-12-19(13-11-17)25-15-18(24)14-22-21(2,3)4/h5-13,18,22,24H,14-15H2,1-4H3/b23-16+. The van der Waals surface area contributed by atoms with Crippen LogP contribution in [-0.2, 0) is 0 Å². The minimum atomic E-state index is -0.559. The van der Waals surface area contributed by atoms with Crippen molar-refractivity contribution in [3.8, 4) is 11.5 Å². The average molecular weight is 356 g/mol. The van der Waals surface area contributed by atoms with Crippen molar-refractivity contribution in [1.82, 2.24) is 5.32 Å². The number of nitrogens with one attached hydrogen (secondary N) is 1. The van der Waals surface area contributed by atoms with Crippen molar-refractivity contribution in [1.29, 1.82) is 0 Å². The normalized spacial score (nSPS) is 13.3. The largest absolute Gasteiger partial charge is 0.491 e. The smallest absolute Gasteiger partial charge is 0.157 e. The maximum atomic E-state index is 9.97. The van der Waals surface area contributed by atoms with Crippen LogP contribution in [0.4, 0.5) is 0 Å². The zero-order valence-corrected chi connectivity index (χ0v) is 15.9. The first kappa shape index (κ1) is 19.9. The molecule has 5 nitrogen and oxygen atoms in total. The van der Waals surface area contributed by atoms with Crippen molar-refractivity contribution in [2.24, 2.45) is 5.16 Å². The molecule has 5 heteroatoms. The Bertz CT molecular complexity index is 691. The molecule has 1 unspecified atom stereocenters. The molecule has 0 heterocycles. The fourth-order valence-corrected chi connectivity index (χ4v) is 2.12. The third kappa shape index (κ3) is 7.25. The predicted molar refractivity (Wildman–Crippen MR) is 105 cm³/mol. The second-order valence-corrected chi connectivity index (χ2v) is 7.20. The van der Waals surface area contributed by atoms with E-state index in [1.807, 2.05) is 61.5 Å². The summed E-state index contributed by atoms with van der Waals surface area (Å²) >= 11 is 0. The van der Waals surface area contributed by atoms with Gasteiger partial charge in [0.2, 0.25) is 0 Å². The van der Waals surface area contributed by atoms with Gasteiger partial charge in [-0.1, -0.05) is 23.4 Å². The fraction of sp³-hybridized carbons (Fsp3) is 0.381. The number of oxime groups is 1. The van der Waals surface area contributed by atoms with Crippen LogP contribution in [0.3, 0.4) is 0 Å². The zero-order chi connectivity index (χ0) is 19.0. The number of hydrogen-bond acceptors (Lipinski definition) is 5. The zero-order valence-electron chi connectivity index (χ0n) is 15.9. The van der Waals surface area contributed by atoms with E-state index in [1.165, 1.54) is 0 Å². The van der Waals surface area contributed by atoms with Crippen molar-refractivity contribution in [3.05, 3.63) is 60.2 Å². The molecule has 2 rings (SSSR count). The van der Waals surface area contributed by atoms with Crippen LogP contribution in [0, 0.1) is 0 Å². The first-order chi connectivity index (χ1) is 12.3. The van der Waals surface area contributed by atoms with Crippen LogP contribution >= 0.6 is 0 Å². The molecular weight excluding hydrogens is 328 g/mol. The number of aliphatic hydroxyl groups is 1. The Morgan fingerprint density at radius 1 is 1.04 bits per heavy atom. The van der Waals surface area contributed by atoms with Gasteiger partial charge in [-0.3, -0.25) is 0 Å². The van der Waals surface area contributed by atoms with Gasteiger partial charge in [0.05, 0.1) is 5.71 Å². The van der Waals surface area contributed by atoms with Crippen molar-refractivity contribution in [3.63, 3.8) is 0 Å². The van der Waals surface area contributed by atoms with E-state index in [4.69, 9.17) is 9.57 Å². The molecule has 0 aliphatic carbocycles. The lowest BCUT2D eigenvalue weighted by Gasteiger charge is -2.23. The van der Waals surface area contributed by atoms with E-state index in [2.05, 4.69) is 31.2 Å². The maximum absolute atomic E-state index is 9.97. The van der Waals surface area contributed by atoms with Gasteiger partial charge in [-0.2, -0.15) is 0 Å². The SMILES string of the molecule is C/C(=N\Oc1ccccc1)c1ccc(OCC(O)CNC(C)(C)C)cc1. The molecule has 1 atom stereocenters. The van der Waals surface area contributed by atoms with Gasteiger partial charge in [0.1, 0.15) is 18.5 Å². The topological polar surface area (TPSA) is 63.1 Å². The molecule has 2 aromatic carbocycles. The molecule has 0 aliphatic rings. The number of aliphatic hydroxyl groups excluding tert-OH is 1. The Balaban J connectivity index is 1.83. The molecule has 0 spiro atoms. The van der Waals surface area contributed by atoms with E-state index >= 15 is 0 Å². The quantitative estimate of drug-likeness (QED) is 0.560. The third-order valence-corrected chi connectivity index (χ3v) is 3.61. The van der Waals surface area contributed by atoms with Gasteiger partial charge in [0.15, 0.2) is 5.75 Å². The third-order valence-electron chi connectivity index (χ3n) is 3.61. The molecule has 0 radical (unpaired) electrons. The number of benzene rings is 2. The fourth-order valence-electron chi connectivity index (χ4n) is 2.12. The predicted octanol–water partition coefficient (Wildman–Crippen LogP) is 3.62. The molecule has 0 bridgehead atoms. The van der Waals surface area contributed by atoms with Gasteiger partial charge >= 0.3 is 0 Å². The summed E-state index contributed by atoms with van der Waals surface area (Å²) in [6.45, 7) is 8.80. The van der Waals surface area contributed by atoms with Crippen LogP contribution in [0.5, 0.6) is 11.5 Å². The molecule has 0 fully saturated rings. The van der Waals surface area contributed by atoms with Gasteiger partial charge in [-0.25, -0.2) is 0 Å². The van der Waals surface area contributed by atoms with Crippen LogP contribution in [0.1, 0.15) is 33.3 Å². The number of nitrogens with zero attached hydrogens (tertiary/aromatic N) is 1. The molecule has 2 N–H and O–H groups in total. The van der Waals surface area contributed by atoms with Gasteiger partial charge < -0.3 is 20.0 Å². The van der Waals surface area contributed by atoms with Crippen LogP contribution < -0.4 is 14.9 Å². The molecule has 140 valence electrons. The van der Waals surface area contributed by atoms with Gasteiger partial charge in [-0.05, 0) is 69.7 Å². The summed E-state index contributed by atoms with van der Waals surface area (Å²) in [7, 11) is 0. The second-order valence-electron chi connectivity index (χ2n) is 7.20. The first-order valence-corrected chi connectivity index (χ1v) is 8.76. The Hall–Kier alpha value is -2.37. The van der Waals surface area contributed by atoms with E-state index in [0.29, 0.717) is 18.0 Å². The lowest BCUT2D eigenvalue weighted by molar-refractivity contribution is 0.100. The highest BCUT2D eigenvalue weighted by Gasteiger charge is 2.12. The highest BCUT2D eigenvalue weighted by atomic mass is 16.6. The minimum Gasteiger partial charge on any atom is -0.491 e. The van der Waals surface area contributed by atoms with E-state index in [0.717, 1.165) is 11.3 Å². The van der Waals surface area contributed by atoms with Crippen LogP contribution in [-0.4, -0.2) is 35.6 Å². The lowest BCUT2D eigenvalue weighted by atomic mass is 10.1. The molecule has 0 saturated heterocycles. The second kappa shape index (κ2) is 9.36. The number of ether oxygens (including phenoxy) is 1. The van der Waals surface area contributed by atoms with Crippen molar-refractivity contribution in [2.75, 3.05) is 13.2 Å².